The van der Waals surface area contributed by atoms with Crippen molar-refractivity contribution in [2.45, 2.75) is 0 Å². The number of phenolic OH excluding ortho intramolecular Hbond substituents is 3. The fraction of sp³-hybridized carbons (Fsp3) is 0. The van der Waals surface area contributed by atoms with Crippen LogP contribution in [0.25, 0.3) is 33.4 Å². The molecule has 0 aliphatic carbocycles. The minimum absolute atomic E-state index is 0.00698. The Morgan fingerprint density at radius 2 is 0.967 bits per heavy atom. The molecule has 0 heterocycles. The number of nitrogens with two attached hydrogens (primary N) is 1. The van der Waals surface area contributed by atoms with Gasteiger partial charge in [-0.3, -0.25) is 4.79 Å². The Hall–Kier alpha value is -4.25. The van der Waals surface area contributed by atoms with E-state index in [1.54, 1.807) is 72.8 Å². The van der Waals surface area contributed by atoms with Crippen molar-refractivity contribution in [2.75, 3.05) is 0 Å². The Morgan fingerprint density at radius 3 is 1.43 bits per heavy atom. The van der Waals surface area contributed by atoms with Crippen molar-refractivity contribution >= 4 is 5.91 Å². The molecule has 4 aromatic rings. The highest BCUT2D eigenvalue weighted by Crippen LogP contribution is 2.48. The minimum atomic E-state index is -0.672. The number of carbonyl (C=O) groups is 1. The largest absolute Gasteiger partial charge is 0.507 e. The summed E-state index contributed by atoms with van der Waals surface area (Å²) >= 11 is 0. The molecular weight excluding hydrogens is 378 g/mol. The molecule has 0 bridgehead atoms. The standard InChI is InChI=1S/C25H19NO4/c26-25(30)19-14-13-16(15-7-1-4-10-20(15)27)23(17-8-2-5-11-21(17)28)24(19)18-9-3-6-12-22(18)29/h1-14,27-29H,(H2,26,30). The summed E-state index contributed by atoms with van der Waals surface area (Å²) in [7, 11) is 0. The Bertz CT molecular complexity index is 1260. The van der Waals surface area contributed by atoms with Gasteiger partial charge in [0.25, 0.3) is 0 Å². The van der Waals surface area contributed by atoms with Gasteiger partial charge in [-0.25, -0.2) is 0 Å². The zero-order chi connectivity index (χ0) is 21.3. The molecule has 0 radical (unpaired) electrons. The fourth-order valence-corrected chi connectivity index (χ4v) is 3.66. The number of hydrogen-bond donors (Lipinski definition) is 4. The molecule has 4 aromatic carbocycles. The summed E-state index contributed by atoms with van der Waals surface area (Å²) in [5, 5.41) is 31.7. The summed E-state index contributed by atoms with van der Waals surface area (Å²) in [6.45, 7) is 0. The molecule has 0 aliphatic heterocycles. The number of rotatable bonds is 4. The van der Waals surface area contributed by atoms with Gasteiger partial charge in [-0.1, -0.05) is 60.7 Å². The van der Waals surface area contributed by atoms with Gasteiger partial charge < -0.3 is 21.1 Å². The molecule has 0 aliphatic rings. The second-order valence-electron chi connectivity index (χ2n) is 6.83. The summed E-state index contributed by atoms with van der Waals surface area (Å²) in [6.07, 6.45) is 0. The lowest BCUT2D eigenvalue weighted by molar-refractivity contribution is 0.100. The van der Waals surface area contributed by atoms with Gasteiger partial charge in [0.2, 0.25) is 5.91 Å². The molecule has 5 nitrogen and oxygen atoms in total. The number of primary amides is 1. The number of phenols is 3. The third-order valence-electron chi connectivity index (χ3n) is 5.01. The van der Waals surface area contributed by atoms with Crippen LogP contribution in [-0.2, 0) is 0 Å². The molecule has 4 rings (SSSR count). The molecule has 1 amide bonds. The Balaban J connectivity index is 2.21. The zero-order valence-corrected chi connectivity index (χ0v) is 15.9. The van der Waals surface area contributed by atoms with E-state index in [-0.39, 0.29) is 22.8 Å². The molecule has 5 N–H and O–H groups in total. The van der Waals surface area contributed by atoms with Crippen molar-refractivity contribution in [1.29, 1.82) is 0 Å². The quantitative estimate of drug-likeness (QED) is 0.393. The molecule has 0 saturated heterocycles. The minimum Gasteiger partial charge on any atom is -0.507 e. The van der Waals surface area contributed by atoms with Crippen molar-refractivity contribution in [3.63, 3.8) is 0 Å². The van der Waals surface area contributed by atoms with Crippen LogP contribution in [0.1, 0.15) is 10.4 Å². The lowest BCUT2D eigenvalue weighted by Gasteiger charge is -2.20. The Labute approximate surface area is 173 Å². The maximum atomic E-state index is 12.3. The normalized spacial score (nSPS) is 10.7. The van der Waals surface area contributed by atoms with Crippen molar-refractivity contribution in [1.82, 2.24) is 0 Å². The van der Waals surface area contributed by atoms with Crippen molar-refractivity contribution < 1.29 is 20.1 Å². The van der Waals surface area contributed by atoms with Crippen molar-refractivity contribution in [3.05, 3.63) is 90.5 Å². The van der Waals surface area contributed by atoms with E-state index in [1.165, 1.54) is 12.1 Å². The predicted molar refractivity (Wildman–Crippen MR) is 116 cm³/mol. The monoisotopic (exact) mass is 397 g/mol. The van der Waals surface area contributed by atoms with Crippen LogP contribution in [0.5, 0.6) is 17.2 Å². The van der Waals surface area contributed by atoms with E-state index in [2.05, 4.69) is 0 Å². The number of carbonyl (C=O) groups excluding carboxylic acids is 1. The van der Waals surface area contributed by atoms with Gasteiger partial charge in [-0.2, -0.15) is 0 Å². The number of benzene rings is 4. The van der Waals surface area contributed by atoms with Crippen LogP contribution in [0.2, 0.25) is 0 Å². The molecular formula is C25H19NO4. The van der Waals surface area contributed by atoms with Crippen molar-refractivity contribution in [3.8, 4) is 50.6 Å². The first-order chi connectivity index (χ1) is 14.5. The van der Waals surface area contributed by atoms with E-state index in [0.29, 0.717) is 33.4 Å². The molecule has 0 spiro atoms. The molecule has 0 atom stereocenters. The summed E-state index contributed by atoms with van der Waals surface area (Å²) < 4.78 is 0. The van der Waals surface area contributed by atoms with Crippen LogP contribution in [-0.4, -0.2) is 21.2 Å². The van der Waals surface area contributed by atoms with Crippen LogP contribution in [0, 0.1) is 0 Å². The third kappa shape index (κ3) is 3.22. The van der Waals surface area contributed by atoms with Gasteiger partial charge in [0.05, 0.1) is 0 Å². The molecule has 0 fully saturated rings. The highest BCUT2D eigenvalue weighted by Gasteiger charge is 2.24. The van der Waals surface area contributed by atoms with Gasteiger partial charge in [0, 0.05) is 33.4 Å². The van der Waals surface area contributed by atoms with E-state index in [1.807, 2.05) is 0 Å². The smallest absolute Gasteiger partial charge is 0.249 e. The number of hydrogen-bond acceptors (Lipinski definition) is 4. The molecule has 0 aromatic heterocycles. The fourth-order valence-electron chi connectivity index (χ4n) is 3.66. The van der Waals surface area contributed by atoms with Gasteiger partial charge in [-0.15, -0.1) is 0 Å². The first kappa shape index (κ1) is 19.1. The molecule has 148 valence electrons. The molecule has 30 heavy (non-hydrogen) atoms. The highest BCUT2D eigenvalue weighted by molar-refractivity contribution is 6.09. The second-order valence-corrected chi connectivity index (χ2v) is 6.83. The average molecular weight is 397 g/mol. The number of amides is 1. The van der Waals surface area contributed by atoms with Crippen LogP contribution < -0.4 is 5.73 Å². The highest BCUT2D eigenvalue weighted by atomic mass is 16.3. The number of aromatic hydroxyl groups is 3. The van der Waals surface area contributed by atoms with Crippen LogP contribution in [0.15, 0.2) is 84.9 Å². The van der Waals surface area contributed by atoms with E-state index in [0.717, 1.165) is 0 Å². The van der Waals surface area contributed by atoms with E-state index in [9.17, 15) is 20.1 Å². The molecule has 5 heteroatoms. The van der Waals surface area contributed by atoms with Crippen LogP contribution in [0.4, 0.5) is 0 Å². The topological polar surface area (TPSA) is 104 Å². The van der Waals surface area contributed by atoms with Gasteiger partial charge >= 0.3 is 0 Å². The van der Waals surface area contributed by atoms with E-state index >= 15 is 0 Å². The van der Waals surface area contributed by atoms with E-state index < -0.39 is 5.91 Å². The molecule has 0 unspecified atom stereocenters. The summed E-state index contributed by atoms with van der Waals surface area (Å²) in [5.41, 5.74) is 8.65. The number of para-hydroxylation sites is 3. The third-order valence-corrected chi connectivity index (χ3v) is 5.01. The Morgan fingerprint density at radius 1 is 0.533 bits per heavy atom. The molecule has 0 saturated carbocycles. The average Bonchev–Trinajstić information content (AvgIpc) is 2.74. The lowest BCUT2D eigenvalue weighted by atomic mass is 9.83. The van der Waals surface area contributed by atoms with Gasteiger partial charge in [0.1, 0.15) is 17.2 Å². The van der Waals surface area contributed by atoms with Crippen LogP contribution in [0.3, 0.4) is 0 Å². The SMILES string of the molecule is NC(=O)c1ccc(-c2ccccc2O)c(-c2ccccc2O)c1-c1ccccc1O. The predicted octanol–water partition coefficient (Wildman–Crippen LogP) is 4.90. The first-order valence-electron chi connectivity index (χ1n) is 9.31. The van der Waals surface area contributed by atoms with Gasteiger partial charge in [-0.05, 0) is 29.8 Å². The summed E-state index contributed by atoms with van der Waals surface area (Å²) in [5.74, 6) is -0.670. The van der Waals surface area contributed by atoms with Gasteiger partial charge in [0.15, 0.2) is 0 Å². The summed E-state index contributed by atoms with van der Waals surface area (Å²) in [4.78, 5) is 12.3. The lowest BCUT2D eigenvalue weighted by Crippen LogP contribution is -2.13. The maximum absolute atomic E-state index is 12.3. The Kier molecular flexibility index (Phi) is 4.86. The van der Waals surface area contributed by atoms with E-state index in [4.69, 9.17) is 5.73 Å². The first-order valence-corrected chi connectivity index (χ1v) is 9.31. The zero-order valence-electron chi connectivity index (χ0n) is 15.9. The summed E-state index contributed by atoms with van der Waals surface area (Å²) in [6, 6.07) is 23.3. The second kappa shape index (κ2) is 7.64. The maximum Gasteiger partial charge on any atom is 0.249 e. The van der Waals surface area contributed by atoms with Crippen molar-refractivity contribution in [2.24, 2.45) is 5.73 Å². The van der Waals surface area contributed by atoms with Crippen LogP contribution >= 0.6 is 0 Å².